The topological polar surface area (TPSA) is 29.1 Å². The van der Waals surface area contributed by atoms with Crippen molar-refractivity contribution in [1.29, 1.82) is 0 Å². The summed E-state index contributed by atoms with van der Waals surface area (Å²) in [4.78, 5) is 13.7. The molecule has 2 nitrogen and oxygen atoms in total. The largest absolute Gasteiger partial charge is 0.351 e. The monoisotopic (exact) mass is 211 g/mol. The Labute approximate surface area is 89.3 Å². The van der Waals surface area contributed by atoms with Crippen LogP contribution >= 0.6 is 11.3 Å². The maximum Gasteiger partial charge on any atom is 0.261 e. The molecule has 0 atom stereocenters. The predicted octanol–water partition coefficient (Wildman–Crippen LogP) is 2.70. The normalized spacial score (nSPS) is 10.6. The van der Waals surface area contributed by atoms with E-state index in [-0.39, 0.29) is 5.91 Å². The van der Waals surface area contributed by atoms with Gasteiger partial charge in [-0.1, -0.05) is 20.8 Å². The summed E-state index contributed by atoms with van der Waals surface area (Å²) < 4.78 is 0. The van der Waals surface area contributed by atoms with Crippen LogP contribution in [0, 0.1) is 5.92 Å². The minimum Gasteiger partial charge on any atom is -0.351 e. The van der Waals surface area contributed by atoms with E-state index in [4.69, 9.17) is 0 Å². The fraction of sp³-hybridized carbons (Fsp3) is 0.545. The quantitative estimate of drug-likeness (QED) is 0.815. The van der Waals surface area contributed by atoms with E-state index < -0.39 is 0 Å². The highest BCUT2D eigenvalue weighted by Crippen LogP contribution is 2.16. The highest BCUT2D eigenvalue weighted by Gasteiger charge is 2.08. The molecule has 78 valence electrons. The van der Waals surface area contributed by atoms with E-state index in [9.17, 15) is 4.79 Å². The third kappa shape index (κ3) is 3.14. The number of amides is 1. The summed E-state index contributed by atoms with van der Waals surface area (Å²) in [7, 11) is 0. The van der Waals surface area contributed by atoms with Gasteiger partial charge in [0.2, 0.25) is 0 Å². The van der Waals surface area contributed by atoms with Crippen LogP contribution in [0.25, 0.3) is 0 Å². The molecule has 0 bridgehead atoms. The fourth-order valence-corrected chi connectivity index (χ4v) is 1.94. The third-order valence-corrected chi connectivity index (χ3v) is 3.13. The van der Waals surface area contributed by atoms with Gasteiger partial charge in [0, 0.05) is 11.4 Å². The van der Waals surface area contributed by atoms with Gasteiger partial charge in [0.25, 0.3) is 5.91 Å². The summed E-state index contributed by atoms with van der Waals surface area (Å²) in [6.45, 7) is 7.03. The first kappa shape index (κ1) is 11.2. The summed E-state index contributed by atoms with van der Waals surface area (Å²) in [6.07, 6.45) is 1.00. The lowest BCUT2D eigenvalue weighted by molar-refractivity contribution is 0.0953. The fourth-order valence-electron chi connectivity index (χ4n) is 1.07. The minimum atomic E-state index is 0.0587. The van der Waals surface area contributed by atoms with Crippen molar-refractivity contribution >= 4 is 17.2 Å². The zero-order chi connectivity index (χ0) is 10.6. The Bertz CT molecular complexity index is 304. The number of hydrogen-bond donors (Lipinski definition) is 1. The van der Waals surface area contributed by atoms with E-state index in [1.807, 2.05) is 12.1 Å². The number of carbonyl (C=O) groups excluding carboxylic acids is 1. The smallest absolute Gasteiger partial charge is 0.261 e. The van der Waals surface area contributed by atoms with Gasteiger partial charge in [-0.15, -0.1) is 11.3 Å². The van der Waals surface area contributed by atoms with Crippen molar-refractivity contribution in [2.75, 3.05) is 6.54 Å². The van der Waals surface area contributed by atoms with Crippen molar-refractivity contribution in [3.63, 3.8) is 0 Å². The van der Waals surface area contributed by atoms with Crippen LogP contribution < -0.4 is 5.32 Å². The van der Waals surface area contributed by atoms with Gasteiger partial charge in [-0.25, -0.2) is 0 Å². The van der Waals surface area contributed by atoms with Crippen molar-refractivity contribution in [3.05, 3.63) is 21.9 Å². The second-order valence-corrected chi connectivity index (χ2v) is 4.89. The molecule has 0 aliphatic heterocycles. The molecule has 0 saturated carbocycles. The van der Waals surface area contributed by atoms with Gasteiger partial charge in [0.1, 0.15) is 0 Å². The summed E-state index contributed by atoms with van der Waals surface area (Å²) in [5.41, 5.74) is 0. The Morgan fingerprint density at radius 1 is 1.50 bits per heavy atom. The molecule has 1 aromatic rings. The molecule has 1 N–H and O–H groups in total. The van der Waals surface area contributed by atoms with Crippen LogP contribution in [0.3, 0.4) is 0 Å². The molecule has 0 unspecified atom stereocenters. The molecule has 0 saturated heterocycles. The molecule has 0 spiro atoms. The van der Waals surface area contributed by atoms with E-state index in [2.05, 4.69) is 26.1 Å². The van der Waals surface area contributed by atoms with E-state index in [0.29, 0.717) is 5.92 Å². The van der Waals surface area contributed by atoms with Gasteiger partial charge in [-0.05, 0) is 24.5 Å². The Balaban J connectivity index is 2.52. The number of thiophene rings is 1. The molecule has 1 amide bonds. The molecule has 3 heteroatoms. The first-order chi connectivity index (χ1) is 6.63. The third-order valence-electron chi connectivity index (χ3n) is 1.90. The average Bonchev–Trinajstić information content (AvgIpc) is 2.62. The highest BCUT2D eigenvalue weighted by atomic mass is 32.1. The number of carbonyl (C=O) groups is 1. The molecule has 1 rings (SSSR count). The molecule has 0 radical (unpaired) electrons. The number of aryl methyl sites for hydroxylation is 1. The van der Waals surface area contributed by atoms with E-state index in [0.717, 1.165) is 17.8 Å². The molecule has 14 heavy (non-hydrogen) atoms. The van der Waals surface area contributed by atoms with Crippen LogP contribution in [0.5, 0.6) is 0 Å². The first-order valence-electron chi connectivity index (χ1n) is 5.00. The maximum absolute atomic E-state index is 11.6. The zero-order valence-electron chi connectivity index (χ0n) is 8.96. The van der Waals surface area contributed by atoms with Crippen LogP contribution in [0.15, 0.2) is 12.1 Å². The van der Waals surface area contributed by atoms with E-state index >= 15 is 0 Å². The summed E-state index contributed by atoms with van der Waals surface area (Å²) in [5.74, 6) is 0.563. The van der Waals surface area contributed by atoms with Crippen molar-refractivity contribution in [2.45, 2.75) is 27.2 Å². The van der Waals surface area contributed by atoms with E-state index in [1.165, 1.54) is 4.88 Å². The Morgan fingerprint density at radius 3 is 2.71 bits per heavy atom. The molecule has 1 aromatic heterocycles. The van der Waals surface area contributed by atoms with Gasteiger partial charge in [-0.3, -0.25) is 4.79 Å². The molecule has 0 aliphatic rings. The van der Waals surface area contributed by atoms with Crippen LogP contribution in [-0.2, 0) is 6.42 Å². The second kappa shape index (κ2) is 5.15. The van der Waals surface area contributed by atoms with Crippen molar-refractivity contribution in [2.24, 2.45) is 5.92 Å². The van der Waals surface area contributed by atoms with Gasteiger partial charge in [-0.2, -0.15) is 0 Å². The van der Waals surface area contributed by atoms with Crippen LogP contribution in [-0.4, -0.2) is 12.5 Å². The Hall–Kier alpha value is -0.830. The van der Waals surface area contributed by atoms with Gasteiger partial charge >= 0.3 is 0 Å². The number of rotatable bonds is 4. The summed E-state index contributed by atoms with van der Waals surface area (Å²) in [5, 5.41) is 2.91. The molecule has 0 aliphatic carbocycles. The second-order valence-electron chi connectivity index (χ2n) is 3.72. The number of nitrogens with one attached hydrogen (secondary N) is 1. The standard InChI is InChI=1S/C11H17NOS/c1-4-9-5-6-10(14-9)11(13)12-7-8(2)3/h5-6,8H,4,7H2,1-3H3,(H,12,13). The minimum absolute atomic E-state index is 0.0587. The molecule has 0 aromatic carbocycles. The average molecular weight is 211 g/mol. The Morgan fingerprint density at radius 2 is 2.21 bits per heavy atom. The summed E-state index contributed by atoms with van der Waals surface area (Å²) >= 11 is 1.58. The molecular weight excluding hydrogens is 194 g/mol. The Kier molecular flexibility index (Phi) is 4.14. The lowest BCUT2D eigenvalue weighted by Gasteiger charge is -2.05. The van der Waals surface area contributed by atoms with Crippen LogP contribution in [0.4, 0.5) is 0 Å². The molecule has 0 fully saturated rings. The lowest BCUT2D eigenvalue weighted by atomic mass is 10.2. The number of hydrogen-bond acceptors (Lipinski definition) is 2. The molecule has 1 heterocycles. The van der Waals surface area contributed by atoms with Crippen LogP contribution in [0.2, 0.25) is 0 Å². The van der Waals surface area contributed by atoms with Gasteiger partial charge in [0.05, 0.1) is 4.88 Å². The van der Waals surface area contributed by atoms with Gasteiger partial charge in [0.15, 0.2) is 0 Å². The van der Waals surface area contributed by atoms with Crippen molar-refractivity contribution in [3.8, 4) is 0 Å². The maximum atomic E-state index is 11.6. The zero-order valence-corrected chi connectivity index (χ0v) is 9.78. The molecular formula is C11H17NOS. The van der Waals surface area contributed by atoms with E-state index in [1.54, 1.807) is 11.3 Å². The predicted molar refractivity (Wildman–Crippen MR) is 60.9 cm³/mol. The lowest BCUT2D eigenvalue weighted by Crippen LogP contribution is -2.26. The SMILES string of the molecule is CCc1ccc(C(=O)NCC(C)C)s1. The van der Waals surface area contributed by atoms with Crippen LogP contribution in [0.1, 0.15) is 35.3 Å². The highest BCUT2D eigenvalue weighted by molar-refractivity contribution is 7.14. The van der Waals surface area contributed by atoms with Gasteiger partial charge < -0.3 is 5.32 Å². The summed E-state index contributed by atoms with van der Waals surface area (Å²) in [6, 6.07) is 3.92. The van der Waals surface area contributed by atoms with Crippen molar-refractivity contribution < 1.29 is 4.79 Å². The van der Waals surface area contributed by atoms with Crippen molar-refractivity contribution in [1.82, 2.24) is 5.32 Å². The first-order valence-corrected chi connectivity index (χ1v) is 5.82.